The zero-order valence-electron chi connectivity index (χ0n) is 15.9. The van der Waals surface area contributed by atoms with Crippen LogP contribution in [0.3, 0.4) is 0 Å². The molecule has 0 saturated carbocycles. The monoisotopic (exact) mass is 360 g/mol. The van der Waals surface area contributed by atoms with Crippen molar-refractivity contribution >= 4 is 17.7 Å². The summed E-state index contributed by atoms with van der Waals surface area (Å²) in [6.45, 7) is 12.0. The van der Waals surface area contributed by atoms with E-state index in [0.29, 0.717) is 5.75 Å². The Balaban J connectivity index is 2.16. The van der Waals surface area contributed by atoms with Gasteiger partial charge >= 0.3 is 0 Å². The molecule has 1 aromatic carbocycles. The van der Waals surface area contributed by atoms with Crippen molar-refractivity contribution in [3.8, 4) is 5.69 Å². The maximum absolute atomic E-state index is 12.5. The SMILES string of the molecule is CCCN(CCC)C(=O)CSc1nnc(C)n1-c1ccc(C)c(C)c1. The molecule has 0 unspecified atom stereocenters. The Morgan fingerprint density at radius 3 is 2.36 bits per heavy atom. The van der Waals surface area contributed by atoms with Gasteiger partial charge in [0.05, 0.1) is 5.75 Å². The fourth-order valence-electron chi connectivity index (χ4n) is 2.72. The number of carbonyl (C=O) groups excluding carboxylic acids is 1. The van der Waals surface area contributed by atoms with E-state index in [1.54, 1.807) is 0 Å². The summed E-state index contributed by atoms with van der Waals surface area (Å²) in [5.41, 5.74) is 3.53. The number of benzene rings is 1. The Bertz CT molecular complexity index is 720. The Morgan fingerprint density at radius 1 is 1.08 bits per heavy atom. The second kappa shape index (κ2) is 9.04. The normalized spacial score (nSPS) is 10.9. The van der Waals surface area contributed by atoms with E-state index < -0.39 is 0 Å². The number of hydrogen-bond donors (Lipinski definition) is 0. The second-order valence-electron chi connectivity index (χ2n) is 6.30. The average Bonchev–Trinajstić information content (AvgIpc) is 2.95. The van der Waals surface area contributed by atoms with E-state index in [2.05, 4.69) is 56.1 Å². The fraction of sp³-hybridized carbons (Fsp3) is 0.526. The van der Waals surface area contributed by atoms with Gasteiger partial charge in [0.1, 0.15) is 5.82 Å². The Morgan fingerprint density at radius 2 is 1.76 bits per heavy atom. The first-order valence-electron chi connectivity index (χ1n) is 8.88. The summed E-state index contributed by atoms with van der Waals surface area (Å²) in [5, 5.41) is 9.25. The van der Waals surface area contributed by atoms with Gasteiger partial charge in [-0.3, -0.25) is 9.36 Å². The van der Waals surface area contributed by atoms with Crippen LogP contribution >= 0.6 is 11.8 Å². The molecule has 1 amide bonds. The van der Waals surface area contributed by atoms with E-state index in [9.17, 15) is 4.79 Å². The highest BCUT2D eigenvalue weighted by molar-refractivity contribution is 7.99. The minimum atomic E-state index is 0.168. The molecule has 2 rings (SSSR count). The molecule has 0 atom stereocenters. The molecule has 0 N–H and O–H groups in total. The van der Waals surface area contributed by atoms with Crippen LogP contribution in [0.1, 0.15) is 43.6 Å². The Hall–Kier alpha value is -1.82. The maximum Gasteiger partial charge on any atom is 0.233 e. The summed E-state index contributed by atoms with van der Waals surface area (Å²) in [4.78, 5) is 14.4. The third kappa shape index (κ3) is 4.84. The summed E-state index contributed by atoms with van der Waals surface area (Å²) in [5.74, 6) is 1.39. The summed E-state index contributed by atoms with van der Waals surface area (Å²) in [6.07, 6.45) is 1.96. The first-order valence-corrected chi connectivity index (χ1v) is 9.86. The first-order chi connectivity index (χ1) is 12.0. The van der Waals surface area contributed by atoms with Crippen molar-refractivity contribution in [3.05, 3.63) is 35.2 Å². The third-order valence-electron chi connectivity index (χ3n) is 4.21. The molecular formula is C19H28N4OS. The van der Waals surface area contributed by atoms with Gasteiger partial charge in [-0.25, -0.2) is 0 Å². The van der Waals surface area contributed by atoms with Crippen LogP contribution in [-0.4, -0.2) is 44.4 Å². The van der Waals surface area contributed by atoms with Gasteiger partial charge in [-0.15, -0.1) is 10.2 Å². The predicted molar refractivity (Wildman–Crippen MR) is 103 cm³/mol. The molecule has 0 fully saturated rings. The number of amides is 1. The largest absolute Gasteiger partial charge is 0.342 e. The molecule has 0 aliphatic carbocycles. The molecule has 1 heterocycles. The van der Waals surface area contributed by atoms with Crippen molar-refractivity contribution in [2.75, 3.05) is 18.8 Å². The van der Waals surface area contributed by atoms with E-state index in [0.717, 1.165) is 42.6 Å². The van der Waals surface area contributed by atoms with Crippen LogP contribution in [0, 0.1) is 20.8 Å². The summed E-state index contributed by atoms with van der Waals surface area (Å²) < 4.78 is 2.02. The van der Waals surface area contributed by atoms with Gasteiger partial charge in [0, 0.05) is 18.8 Å². The number of carbonyl (C=O) groups is 1. The maximum atomic E-state index is 12.5. The van der Waals surface area contributed by atoms with Crippen LogP contribution in [0.25, 0.3) is 5.69 Å². The summed E-state index contributed by atoms with van der Waals surface area (Å²) in [7, 11) is 0. The van der Waals surface area contributed by atoms with Crippen LogP contribution in [0.5, 0.6) is 0 Å². The number of hydrogen-bond acceptors (Lipinski definition) is 4. The zero-order valence-corrected chi connectivity index (χ0v) is 16.7. The third-order valence-corrected chi connectivity index (χ3v) is 5.12. The molecule has 0 aliphatic heterocycles. The van der Waals surface area contributed by atoms with Gasteiger partial charge in [-0.1, -0.05) is 31.7 Å². The van der Waals surface area contributed by atoms with Crippen LogP contribution in [0.15, 0.2) is 23.4 Å². The van der Waals surface area contributed by atoms with Crippen LogP contribution in [0.2, 0.25) is 0 Å². The smallest absolute Gasteiger partial charge is 0.233 e. The van der Waals surface area contributed by atoms with Crippen LogP contribution in [0.4, 0.5) is 0 Å². The van der Waals surface area contributed by atoms with Crippen molar-refractivity contribution in [1.82, 2.24) is 19.7 Å². The minimum absolute atomic E-state index is 0.168. The van der Waals surface area contributed by atoms with Gasteiger partial charge < -0.3 is 4.90 Å². The fourth-order valence-corrected chi connectivity index (χ4v) is 3.62. The molecule has 0 radical (unpaired) electrons. The molecule has 0 saturated heterocycles. The molecule has 0 spiro atoms. The molecule has 5 nitrogen and oxygen atoms in total. The number of aryl methyl sites for hydroxylation is 3. The van der Waals surface area contributed by atoms with Crippen molar-refractivity contribution in [3.63, 3.8) is 0 Å². The van der Waals surface area contributed by atoms with Gasteiger partial charge in [-0.05, 0) is 56.9 Å². The van der Waals surface area contributed by atoms with E-state index in [4.69, 9.17) is 0 Å². The molecule has 6 heteroatoms. The molecule has 0 bridgehead atoms. The average molecular weight is 361 g/mol. The molecule has 136 valence electrons. The Kier molecular flexibility index (Phi) is 7.05. The van der Waals surface area contributed by atoms with Crippen molar-refractivity contribution in [2.45, 2.75) is 52.6 Å². The molecule has 25 heavy (non-hydrogen) atoms. The van der Waals surface area contributed by atoms with E-state index >= 15 is 0 Å². The highest BCUT2D eigenvalue weighted by Gasteiger charge is 2.16. The van der Waals surface area contributed by atoms with Gasteiger partial charge in [0.2, 0.25) is 5.91 Å². The lowest BCUT2D eigenvalue weighted by Gasteiger charge is -2.21. The number of rotatable bonds is 8. The molecule has 0 aliphatic rings. The lowest BCUT2D eigenvalue weighted by molar-refractivity contribution is -0.128. The highest BCUT2D eigenvalue weighted by Crippen LogP contribution is 2.23. The lowest BCUT2D eigenvalue weighted by atomic mass is 10.1. The topological polar surface area (TPSA) is 51.0 Å². The lowest BCUT2D eigenvalue weighted by Crippen LogP contribution is -2.33. The van der Waals surface area contributed by atoms with Gasteiger partial charge in [-0.2, -0.15) is 0 Å². The van der Waals surface area contributed by atoms with Crippen molar-refractivity contribution in [2.24, 2.45) is 0 Å². The minimum Gasteiger partial charge on any atom is -0.342 e. The number of aromatic nitrogens is 3. The van der Waals surface area contributed by atoms with E-state index in [-0.39, 0.29) is 5.91 Å². The van der Waals surface area contributed by atoms with E-state index in [1.807, 2.05) is 16.4 Å². The first kappa shape index (κ1) is 19.5. The molecular weight excluding hydrogens is 332 g/mol. The van der Waals surface area contributed by atoms with Gasteiger partial charge in [0.15, 0.2) is 5.16 Å². The molecule has 1 aromatic heterocycles. The second-order valence-corrected chi connectivity index (χ2v) is 7.25. The van der Waals surface area contributed by atoms with Crippen LogP contribution < -0.4 is 0 Å². The predicted octanol–water partition coefficient (Wildman–Crippen LogP) is 3.93. The quantitative estimate of drug-likeness (QED) is 0.669. The Labute approximate surface area is 154 Å². The van der Waals surface area contributed by atoms with Gasteiger partial charge in [0.25, 0.3) is 0 Å². The van der Waals surface area contributed by atoms with Crippen LogP contribution in [-0.2, 0) is 4.79 Å². The van der Waals surface area contributed by atoms with E-state index in [1.165, 1.54) is 22.9 Å². The van der Waals surface area contributed by atoms with Crippen molar-refractivity contribution in [1.29, 1.82) is 0 Å². The standard InChI is InChI=1S/C19H28N4OS/c1-6-10-22(11-7-2)18(24)13-25-19-21-20-16(5)23(19)17-9-8-14(3)15(4)12-17/h8-9,12H,6-7,10-11,13H2,1-5H3. The summed E-state index contributed by atoms with van der Waals surface area (Å²) >= 11 is 1.46. The molecule has 2 aromatic rings. The number of nitrogens with zero attached hydrogens (tertiary/aromatic N) is 4. The summed E-state index contributed by atoms with van der Waals surface area (Å²) in [6, 6.07) is 6.32. The van der Waals surface area contributed by atoms with Crippen molar-refractivity contribution < 1.29 is 4.79 Å². The number of thioether (sulfide) groups is 1. The zero-order chi connectivity index (χ0) is 18.4. The highest BCUT2D eigenvalue weighted by atomic mass is 32.2.